The topological polar surface area (TPSA) is 50.3 Å². The number of benzene rings is 1. The van der Waals surface area contributed by atoms with E-state index in [1.54, 1.807) is 27.4 Å². The second kappa shape index (κ2) is 6.70. The quantitative estimate of drug-likeness (QED) is 0.845. The molecule has 3 rings (SSSR count). The largest absolute Gasteiger partial charge is 0.230 e. The molecule has 0 saturated carbocycles. The Labute approximate surface area is 139 Å². The molecule has 1 fully saturated rings. The highest BCUT2D eigenvalue weighted by Crippen LogP contribution is 2.34. The maximum Gasteiger partial charge on any atom is 0.211 e. The van der Waals surface area contributed by atoms with Crippen LogP contribution in [-0.2, 0) is 10.0 Å². The van der Waals surface area contributed by atoms with Crippen molar-refractivity contribution in [1.82, 2.24) is 9.29 Å². The molecule has 0 atom stereocenters. The van der Waals surface area contributed by atoms with Gasteiger partial charge < -0.3 is 0 Å². The van der Waals surface area contributed by atoms with Gasteiger partial charge in [0.25, 0.3) is 0 Å². The van der Waals surface area contributed by atoms with Gasteiger partial charge >= 0.3 is 0 Å². The van der Waals surface area contributed by atoms with Crippen LogP contribution in [0.3, 0.4) is 0 Å². The Morgan fingerprint density at radius 1 is 1.23 bits per heavy atom. The highest BCUT2D eigenvalue weighted by Gasteiger charge is 2.26. The van der Waals surface area contributed by atoms with Gasteiger partial charge in [0.05, 0.1) is 11.9 Å². The molecular formula is C15H18N2O2S3. The maximum atomic E-state index is 11.5. The van der Waals surface area contributed by atoms with Crippen molar-refractivity contribution in [1.29, 1.82) is 0 Å². The highest BCUT2D eigenvalue weighted by molar-refractivity contribution is 8.01. The highest BCUT2D eigenvalue weighted by atomic mass is 32.2. The lowest BCUT2D eigenvalue weighted by molar-refractivity contribution is 0.355. The summed E-state index contributed by atoms with van der Waals surface area (Å²) in [4.78, 5) is 4.69. The van der Waals surface area contributed by atoms with E-state index in [0.29, 0.717) is 18.3 Å². The van der Waals surface area contributed by atoms with Crippen LogP contribution in [0.4, 0.5) is 0 Å². The minimum Gasteiger partial charge on any atom is -0.230 e. The third kappa shape index (κ3) is 3.90. The number of rotatable bonds is 4. The van der Waals surface area contributed by atoms with Crippen LogP contribution in [-0.4, -0.2) is 42.3 Å². The fourth-order valence-electron chi connectivity index (χ4n) is 2.48. The SMILES string of the molecule is CS(=O)(=O)N1CCC(Sc2nc(-c3ccccc3)cs2)CC1. The standard InChI is InChI=1S/C15H18N2O2S3/c1-22(18,19)17-9-7-13(8-10-17)21-15-16-14(11-20-15)12-5-3-2-4-6-12/h2-6,11,13H,7-10H2,1H3. The number of hydrogen-bond acceptors (Lipinski definition) is 5. The summed E-state index contributed by atoms with van der Waals surface area (Å²) in [6.07, 6.45) is 3.06. The van der Waals surface area contributed by atoms with Crippen LogP contribution >= 0.6 is 23.1 Å². The third-order valence-electron chi connectivity index (χ3n) is 3.69. The summed E-state index contributed by atoms with van der Waals surface area (Å²) in [5, 5.41) is 2.54. The molecule has 1 aliphatic rings. The van der Waals surface area contributed by atoms with Crippen LogP contribution in [0.25, 0.3) is 11.3 Å². The number of thioether (sulfide) groups is 1. The van der Waals surface area contributed by atoms with Crippen molar-refractivity contribution < 1.29 is 8.42 Å². The summed E-state index contributed by atoms with van der Waals surface area (Å²) in [5.74, 6) is 0. The van der Waals surface area contributed by atoms with Gasteiger partial charge in [-0.05, 0) is 12.8 Å². The van der Waals surface area contributed by atoms with Crippen molar-refractivity contribution in [3.63, 3.8) is 0 Å². The van der Waals surface area contributed by atoms with E-state index in [2.05, 4.69) is 17.5 Å². The normalized spacial score (nSPS) is 17.7. The molecule has 0 unspecified atom stereocenters. The summed E-state index contributed by atoms with van der Waals surface area (Å²) in [5.41, 5.74) is 2.15. The van der Waals surface area contributed by atoms with Gasteiger partial charge in [0.15, 0.2) is 4.34 Å². The number of piperidine rings is 1. The third-order valence-corrected chi connectivity index (χ3v) is 7.30. The van der Waals surface area contributed by atoms with Crippen LogP contribution in [0.2, 0.25) is 0 Å². The van der Waals surface area contributed by atoms with Gasteiger partial charge in [-0.25, -0.2) is 17.7 Å². The van der Waals surface area contributed by atoms with E-state index < -0.39 is 10.0 Å². The first-order valence-electron chi connectivity index (χ1n) is 7.15. The summed E-state index contributed by atoms with van der Waals surface area (Å²) < 4.78 is 25.7. The Kier molecular flexibility index (Phi) is 4.87. The monoisotopic (exact) mass is 354 g/mol. The number of hydrogen-bond donors (Lipinski definition) is 0. The molecule has 1 aromatic heterocycles. The van der Waals surface area contributed by atoms with Gasteiger partial charge in [-0.2, -0.15) is 0 Å². The predicted molar refractivity (Wildman–Crippen MR) is 92.8 cm³/mol. The van der Waals surface area contributed by atoms with E-state index >= 15 is 0 Å². The molecule has 0 N–H and O–H groups in total. The van der Waals surface area contributed by atoms with E-state index in [1.165, 1.54) is 6.26 Å². The van der Waals surface area contributed by atoms with E-state index in [4.69, 9.17) is 4.98 Å². The fraction of sp³-hybridized carbons (Fsp3) is 0.400. The van der Waals surface area contributed by atoms with E-state index in [-0.39, 0.29) is 0 Å². The smallest absolute Gasteiger partial charge is 0.211 e. The minimum absolute atomic E-state index is 0.452. The van der Waals surface area contributed by atoms with E-state index in [9.17, 15) is 8.42 Å². The lowest BCUT2D eigenvalue weighted by Crippen LogP contribution is -2.38. The molecule has 7 heteroatoms. The first-order chi connectivity index (χ1) is 10.5. The Bertz CT molecular complexity index is 720. The number of sulfonamides is 1. The molecule has 22 heavy (non-hydrogen) atoms. The molecule has 0 amide bonds. The maximum absolute atomic E-state index is 11.5. The van der Waals surface area contributed by atoms with E-state index in [0.717, 1.165) is 28.4 Å². The molecule has 0 radical (unpaired) electrons. The predicted octanol–water partition coefficient (Wildman–Crippen LogP) is 3.33. The van der Waals surface area contributed by atoms with Crippen LogP contribution < -0.4 is 0 Å². The van der Waals surface area contributed by atoms with Gasteiger partial charge in [-0.3, -0.25) is 0 Å². The number of aromatic nitrogens is 1. The number of thiazole rings is 1. The molecule has 1 saturated heterocycles. The van der Waals surface area contributed by atoms with Crippen molar-refractivity contribution >= 4 is 33.1 Å². The zero-order chi connectivity index (χ0) is 15.6. The summed E-state index contributed by atoms with van der Waals surface area (Å²) >= 11 is 3.44. The molecule has 2 aromatic rings. The summed E-state index contributed by atoms with van der Waals surface area (Å²) in [6.45, 7) is 1.24. The van der Waals surface area contributed by atoms with Gasteiger partial charge in [-0.15, -0.1) is 11.3 Å². The van der Waals surface area contributed by atoms with Crippen LogP contribution in [0, 0.1) is 0 Å². The molecule has 1 aromatic carbocycles. The average molecular weight is 355 g/mol. The summed E-state index contributed by atoms with van der Waals surface area (Å²) in [6, 6.07) is 10.2. The zero-order valence-corrected chi connectivity index (χ0v) is 14.8. The molecule has 0 bridgehead atoms. The van der Waals surface area contributed by atoms with Crippen molar-refractivity contribution in [2.45, 2.75) is 22.4 Å². The molecule has 0 spiro atoms. The summed E-state index contributed by atoms with van der Waals surface area (Å²) in [7, 11) is -3.04. The zero-order valence-electron chi connectivity index (χ0n) is 12.3. The Balaban J connectivity index is 1.60. The Morgan fingerprint density at radius 2 is 1.91 bits per heavy atom. The fourth-order valence-corrected chi connectivity index (χ4v) is 5.56. The van der Waals surface area contributed by atoms with Crippen LogP contribution in [0.5, 0.6) is 0 Å². The minimum atomic E-state index is -3.04. The lowest BCUT2D eigenvalue weighted by Gasteiger charge is -2.29. The van der Waals surface area contributed by atoms with Gasteiger partial charge in [0.1, 0.15) is 0 Å². The molecule has 1 aliphatic heterocycles. The second-order valence-electron chi connectivity index (χ2n) is 5.34. The molecule has 4 nitrogen and oxygen atoms in total. The van der Waals surface area contributed by atoms with Crippen molar-refractivity contribution in [3.8, 4) is 11.3 Å². The van der Waals surface area contributed by atoms with Crippen molar-refractivity contribution in [3.05, 3.63) is 35.7 Å². The lowest BCUT2D eigenvalue weighted by atomic mass is 10.2. The van der Waals surface area contributed by atoms with Gasteiger partial charge in [0.2, 0.25) is 10.0 Å². The first kappa shape index (κ1) is 16.0. The van der Waals surface area contributed by atoms with Crippen molar-refractivity contribution in [2.75, 3.05) is 19.3 Å². The molecule has 2 heterocycles. The van der Waals surface area contributed by atoms with Gasteiger partial charge in [0, 0.05) is 29.3 Å². The molecular weight excluding hydrogens is 336 g/mol. The second-order valence-corrected chi connectivity index (χ2v) is 9.73. The van der Waals surface area contributed by atoms with Gasteiger partial charge in [-0.1, -0.05) is 42.1 Å². The Morgan fingerprint density at radius 3 is 2.55 bits per heavy atom. The van der Waals surface area contributed by atoms with Crippen LogP contribution in [0.1, 0.15) is 12.8 Å². The van der Waals surface area contributed by atoms with Crippen LogP contribution in [0.15, 0.2) is 40.1 Å². The number of nitrogens with zero attached hydrogens (tertiary/aromatic N) is 2. The first-order valence-corrected chi connectivity index (χ1v) is 10.8. The molecule has 118 valence electrons. The van der Waals surface area contributed by atoms with Crippen molar-refractivity contribution in [2.24, 2.45) is 0 Å². The average Bonchev–Trinajstić information content (AvgIpc) is 2.96. The molecule has 0 aliphatic carbocycles. The van der Waals surface area contributed by atoms with E-state index in [1.807, 2.05) is 18.2 Å². The Hall–Kier alpha value is -0.890.